The van der Waals surface area contributed by atoms with E-state index >= 15 is 0 Å². The molecule has 1 atom stereocenters. The zero-order valence-corrected chi connectivity index (χ0v) is 18.1. The van der Waals surface area contributed by atoms with Crippen LogP contribution in [0.5, 0.6) is 5.75 Å². The van der Waals surface area contributed by atoms with Gasteiger partial charge in [-0.25, -0.2) is 18.4 Å². The largest absolute Gasteiger partial charge is 0.493 e. The quantitative estimate of drug-likeness (QED) is 0.605. The number of carbonyl (C=O) groups excluding carboxylic acids is 1. The molecule has 4 rings (SSSR count). The summed E-state index contributed by atoms with van der Waals surface area (Å²) in [5.41, 5.74) is 3.20. The molecule has 1 aromatic carbocycles. The van der Waals surface area contributed by atoms with E-state index in [9.17, 15) is 13.6 Å². The Bertz CT molecular complexity index is 1180. The van der Waals surface area contributed by atoms with Gasteiger partial charge in [0.05, 0.1) is 43.5 Å². The maximum atomic E-state index is 13.9. The second-order valence-electron chi connectivity index (χ2n) is 7.60. The minimum absolute atomic E-state index is 0.0271. The van der Waals surface area contributed by atoms with Crippen LogP contribution < -0.4 is 20.3 Å². The molecule has 0 saturated heterocycles. The molecule has 1 aliphatic heterocycles. The van der Waals surface area contributed by atoms with Crippen molar-refractivity contribution in [2.24, 2.45) is 0 Å². The number of rotatable bonds is 6. The number of aryl methyl sites for hydroxylation is 1. The molecule has 0 spiro atoms. The van der Waals surface area contributed by atoms with Crippen molar-refractivity contribution in [3.8, 4) is 5.75 Å². The molecule has 2 aromatic heterocycles. The van der Waals surface area contributed by atoms with Gasteiger partial charge in [0.2, 0.25) is 5.91 Å². The molecule has 1 amide bonds. The molecule has 0 unspecified atom stereocenters. The predicted molar refractivity (Wildman–Crippen MR) is 115 cm³/mol. The summed E-state index contributed by atoms with van der Waals surface area (Å²) in [5, 5.41) is 14.2. The first-order valence-electron chi connectivity index (χ1n) is 9.97. The number of fused-ring (bicyclic) bond motifs is 1. The second-order valence-corrected chi connectivity index (χ2v) is 7.60. The number of pyridine rings is 1. The van der Waals surface area contributed by atoms with Gasteiger partial charge in [0.15, 0.2) is 11.6 Å². The number of aromatic nitrogens is 4. The average molecular weight is 443 g/mol. The standard InChI is InChI=1S/C21H23F2N7O2/c1-11-19-17(29(3)12(2)21(31)26-19)7-18(25-11)24-8-15-10-30(28-27-15)9-13-5-14(22)6-16(23)20(13)32-4/h5-7,10,12H,8-9H2,1-4H3,(H,24,25)(H,26,31)/t12-/m0/s1. The Morgan fingerprint density at radius 1 is 1.28 bits per heavy atom. The number of anilines is 3. The van der Waals surface area contributed by atoms with Gasteiger partial charge in [0.1, 0.15) is 23.4 Å². The van der Waals surface area contributed by atoms with Crippen molar-refractivity contribution in [2.75, 3.05) is 29.7 Å². The molecular weight excluding hydrogens is 420 g/mol. The third-order valence-electron chi connectivity index (χ3n) is 5.43. The lowest BCUT2D eigenvalue weighted by Gasteiger charge is -2.34. The van der Waals surface area contributed by atoms with Crippen LogP contribution in [0.2, 0.25) is 0 Å². The first-order chi connectivity index (χ1) is 15.3. The SMILES string of the molecule is COc1c(F)cc(F)cc1Cn1cc(CNc2cc3c(c(C)n2)NC(=O)[C@H](C)N3C)nn1. The maximum absolute atomic E-state index is 13.9. The van der Waals surface area contributed by atoms with Gasteiger partial charge in [-0.3, -0.25) is 4.79 Å². The number of carbonyl (C=O) groups is 1. The van der Waals surface area contributed by atoms with E-state index in [4.69, 9.17) is 4.74 Å². The molecule has 0 saturated carbocycles. The molecule has 3 heterocycles. The van der Waals surface area contributed by atoms with Crippen LogP contribution in [-0.4, -0.2) is 46.1 Å². The highest BCUT2D eigenvalue weighted by Crippen LogP contribution is 2.35. The summed E-state index contributed by atoms with van der Waals surface area (Å²) < 4.78 is 34.0. The van der Waals surface area contributed by atoms with E-state index in [1.54, 1.807) is 6.20 Å². The van der Waals surface area contributed by atoms with E-state index < -0.39 is 11.6 Å². The number of benzene rings is 1. The van der Waals surface area contributed by atoms with Crippen molar-refractivity contribution in [3.05, 3.63) is 53.0 Å². The Morgan fingerprint density at radius 2 is 2.06 bits per heavy atom. The molecule has 168 valence electrons. The fourth-order valence-corrected chi connectivity index (χ4v) is 3.60. The summed E-state index contributed by atoms with van der Waals surface area (Å²) >= 11 is 0. The molecule has 32 heavy (non-hydrogen) atoms. The molecule has 0 aliphatic carbocycles. The Kier molecular flexibility index (Phi) is 5.64. The number of hydrogen-bond donors (Lipinski definition) is 2. The number of amides is 1. The molecule has 1 aliphatic rings. The first-order valence-corrected chi connectivity index (χ1v) is 9.97. The van der Waals surface area contributed by atoms with E-state index in [2.05, 4.69) is 25.9 Å². The number of ether oxygens (including phenoxy) is 1. The highest BCUT2D eigenvalue weighted by Gasteiger charge is 2.28. The van der Waals surface area contributed by atoms with Crippen LogP contribution in [0, 0.1) is 18.6 Å². The van der Waals surface area contributed by atoms with Gasteiger partial charge < -0.3 is 20.3 Å². The Hall–Kier alpha value is -3.76. The van der Waals surface area contributed by atoms with Crippen LogP contribution in [0.3, 0.4) is 0 Å². The number of hydrogen-bond acceptors (Lipinski definition) is 7. The smallest absolute Gasteiger partial charge is 0.246 e. The zero-order chi connectivity index (χ0) is 23.0. The molecule has 3 aromatic rings. The van der Waals surface area contributed by atoms with Gasteiger partial charge in [-0.15, -0.1) is 5.10 Å². The second kappa shape index (κ2) is 8.40. The third-order valence-corrected chi connectivity index (χ3v) is 5.43. The van der Waals surface area contributed by atoms with Crippen molar-refractivity contribution in [1.29, 1.82) is 0 Å². The highest BCUT2D eigenvalue weighted by molar-refractivity contribution is 6.04. The van der Waals surface area contributed by atoms with Crippen molar-refractivity contribution in [2.45, 2.75) is 33.0 Å². The number of nitrogens with zero attached hydrogens (tertiary/aromatic N) is 5. The molecule has 0 fully saturated rings. The Morgan fingerprint density at radius 3 is 2.81 bits per heavy atom. The van der Waals surface area contributed by atoms with E-state index in [1.165, 1.54) is 17.9 Å². The zero-order valence-electron chi connectivity index (χ0n) is 18.1. The fourth-order valence-electron chi connectivity index (χ4n) is 3.60. The molecule has 9 nitrogen and oxygen atoms in total. The summed E-state index contributed by atoms with van der Waals surface area (Å²) in [4.78, 5) is 18.5. The van der Waals surface area contributed by atoms with Gasteiger partial charge in [-0.1, -0.05) is 5.21 Å². The van der Waals surface area contributed by atoms with Gasteiger partial charge in [-0.2, -0.15) is 0 Å². The number of nitrogens with one attached hydrogen (secondary N) is 2. The average Bonchev–Trinajstić information content (AvgIpc) is 3.18. The van der Waals surface area contributed by atoms with Crippen LogP contribution in [-0.2, 0) is 17.9 Å². The van der Waals surface area contributed by atoms with Crippen molar-refractivity contribution < 1.29 is 18.3 Å². The van der Waals surface area contributed by atoms with E-state index in [1.807, 2.05) is 31.9 Å². The lowest BCUT2D eigenvalue weighted by atomic mass is 10.1. The Balaban J connectivity index is 1.48. The number of halogens is 2. The first kappa shape index (κ1) is 21.5. The van der Waals surface area contributed by atoms with Gasteiger partial charge in [-0.05, 0) is 19.9 Å². The van der Waals surface area contributed by atoms with Crippen LogP contribution >= 0.6 is 0 Å². The normalized spacial score (nSPS) is 15.4. The number of likely N-dealkylation sites (N-methyl/N-ethyl adjacent to an activating group) is 1. The van der Waals surface area contributed by atoms with E-state index in [0.29, 0.717) is 35.0 Å². The molecule has 0 radical (unpaired) electrons. The topological polar surface area (TPSA) is 97.2 Å². The van der Waals surface area contributed by atoms with Crippen LogP contribution in [0.1, 0.15) is 23.9 Å². The summed E-state index contributed by atoms with van der Waals surface area (Å²) in [6.45, 7) is 4.10. The Labute approximate surface area is 183 Å². The molecule has 0 bridgehead atoms. The molecule has 11 heteroatoms. The van der Waals surface area contributed by atoms with Gasteiger partial charge >= 0.3 is 0 Å². The van der Waals surface area contributed by atoms with E-state index in [0.717, 1.165) is 11.8 Å². The van der Waals surface area contributed by atoms with Crippen LogP contribution in [0.25, 0.3) is 0 Å². The van der Waals surface area contributed by atoms with Gasteiger partial charge in [0, 0.05) is 24.7 Å². The summed E-state index contributed by atoms with van der Waals surface area (Å²) in [5.74, 6) is -0.934. The third kappa shape index (κ3) is 4.05. The maximum Gasteiger partial charge on any atom is 0.246 e. The molecule has 2 N–H and O–H groups in total. The minimum atomic E-state index is -0.770. The molecular formula is C21H23F2N7O2. The van der Waals surface area contributed by atoms with Crippen LogP contribution in [0.15, 0.2) is 24.4 Å². The van der Waals surface area contributed by atoms with Crippen molar-refractivity contribution in [1.82, 2.24) is 20.0 Å². The van der Waals surface area contributed by atoms with Gasteiger partial charge in [0.25, 0.3) is 0 Å². The predicted octanol–water partition coefficient (Wildman–Crippen LogP) is 2.71. The monoisotopic (exact) mass is 443 g/mol. The lowest BCUT2D eigenvalue weighted by molar-refractivity contribution is -0.117. The van der Waals surface area contributed by atoms with E-state index in [-0.39, 0.29) is 24.2 Å². The summed E-state index contributed by atoms with van der Waals surface area (Å²) in [6, 6.07) is 3.55. The summed E-state index contributed by atoms with van der Waals surface area (Å²) in [6.07, 6.45) is 1.68. The van der Waals surface area contributed by atoms with Crippen molar-refractivity contribution >= 4 is 23.1 Å². The fraction of sp³-hybridized carbons (Fsp3) is 0.333. The summed E-state index contributed by atoms with van der Waals surface area (Å²) in [7, 11) is 3.19. The lowest BCUT2D eigenvalue weighted by Crippen LogP contribution is -2.44. The van der Waals surface area contributed by atoms with Crippen molar-refractivity contribution in [3.63, 3.8) is 0 Å². The number of methoxy groups -OCH3 is 1. The van der Waals surface area contributed by atoms with Crippen LogP contribution in [0.4, 0.5) is 26.0 Å². The highest BCUT2D eigenvalue weighted by atomic mass is 19.1. The minimum Gasteiger partial charge on any atom is -0.493 e.